The van der Waals surface area contributed by atoms with E-state index in [1.807, 2.05) is 23.9 Å². The lowest BCUT2D eigenvalue weighted by Crippen LogP contribution is -2.02. The van der Waals surface area contributed by atoms with Crippen molar-refractivity contribution >= 4 is 33.4 Å². The molecule has 0 aromatic heterocycles. The number of thioether (sulfide) groups is 1. The van der Waals surface area contributed by atoms with Crippen molar-refractivity contribution in [3.63, 3.8) is 0 Å². The van der Waals surface area contributed by atoms with Crippen LogP contribution in [0.5, 0.6) is 0 Å². The Morgan fingerprint density at radius 3 is 2.86 bits per heavy atom. The van der Waals surface area contributed by atoms with E-state index >= 15 is 0 Å². The molecule has 0 spiro atoms. The van der Waals surface area contributed by atoms with E-state index in [1.165, 1.54) is 23.6 Å². The van der Waals surface area contributed by atoms with Crippen LogP contribution in [-0.2, 0) is 0 Å². The lowest BCUT2D eigenvalue weighted by Gasteiger charge is -2.07. The van der Waals surface area contributed by atoms with Crippen molar-refractivity contribution in [2.45, 2.75) is 13.3 Å². The van der Waals surface area contributed by atoms with Gasteiger partial charge >= 0.3 is 0 Å². The van der Waals surface area contributed by atoms with E-state index in [0.717, 1.165) is 11.0 Å². The summed E-state index contributed by atoms with van der Waals surface area (Å²) >= 11 is 5.51. The minimum atomic E-state index is 1.05. The molecule has 0 fully saturated rings. The number of anilines is 1. The molecule has 78 valence electrons. The quantitative estimate of drug-likeness (QED) is 0.787. The SMILES string of the molecule is CCSCCCNc1ccccc1Br. The summed E-state index contributed by atoms with van der Waals surface area (Å²) in [6, 6.07) is 8.23. The topological polar surface area (TPSA) is 12.0 Å². The molecule has 0 heterocycles. The van der Waals surface area contributed by atoms with Crippen molar-refractivity contribution in [3.05, 3.63) is 28.7 Å². The van der Waals surface area contributed by atoms with E-state index in [0.29, 0.717) is 0 Å². The average Bonchev–Trinajstić information content (AvgIpc) is 2.20. The Morgan fingerprint density at radius 1 is 1.36 bits per heavy atom. The Kier molecular flexibility index (Phi) is 6.12. The molecule has 0 aliphatic rings. The third-order valence-electron chi connectivity index (χ3n) is 1.86. The second-order valence-corrected chi connectivity index (χ2v) is 5.21. The minimum Gasteiger partial charge on any atom is -0.384 e. The zero-order valence-electron chi connectivity index (χ0n) is 8.42. The Balaban J connectivity index is 2.21. The predicted octanol–water partition coefficient (Wildman–Crippen LogP) is 4.00. The Labute approximate surface area is 98.8 Å². The van der Waals surface area contributed by atoms with Crippen LogP contribution in [0.3, 0.4) is 0 Å². The highest BCUT2D eigenvalue weighted by molar-refractivity contribution is 9.10. The lowest BCUT2D eigenvalue weighted by atomic mass is 10.3. The zero-order chi connectivity index (χ0) is 10.2. The van der Waals surface area contributed by atoms with Gasteiger partial charge in [0, 0.05) is 16.7 Å². The van der Waals surface area contributed by atoms with Crippen LogP contribution in [0.2, 0.25) is 0 Å². The van der Waals surface area contributed by atoms with Crippen LogP contribution in [0.4, 0.5) is 5.69 Å². The fourth-order valence-corrected chi connectivity index (χ4v) is 2.21. The van der Waals surface area contributed by atoms with Crippen LogP contribution in [0.1, 0.15) is 13.3 Å². The maximum absolute atomic E-state index is 3.51. The van der Waals surface area contributed by atoms with Gasteiger partial charge in [-0.2, -0.15) is 11.8 Å². The van der Waals surface area contributed by atoms with Crippen molar-refractivity contribution in [1.29, 1.82) is 0 Å². The van der Waals surface area contributed by atoms with Gasteiger partial charge in [-0.1, -0.05) is 19.1 Å². The molecule has 1 nitrogen and oxygen atoms in total. The van der Waals surface area contributed by atoms with E-state index in [2.05, 4.69) is 40.3 Å². The molecule has 1 rings (SSSR count). The van der Waals surface area contributed by atoms with Gasteiger partial charge in [0.2, 0.25) is 0 Å². The molecule has 0 aliphatic heterocycles. The van der Waals surface area contributed by atoms with Gasteiger partial charge in [-0.3, -0.25) is 0 Å². The molecule has 0 bridgehead atoms. The fourth-order valence-electron chi connectivity index (χ4n) is 1.15. The van der Waals surface area contributed by atoms with E-state index in [1.54, 1.807) is 0 Å². The second kappa shape index (κ2) is 7.18. The largest absolute Gasteiger partial charge is 0.384 e. The molecule has 14 heavy (non-hydrogen) atoms. The highest BCUT2D eigenvalue weighted by Gasteiger charge is 1.95. The van der Waals surface area contributed by atoms with Gasteiger partial charge < -0.3 is 5.32 Å². The van der Waals surface area contributed by atoms with Gasteiger partial charge in [-0.15, -0.1) is 0 Å². The molecule has 3 heteroatoms. The second-order valence-electron chi connectivity index (χ2n) is 2.96. The minimum absolute atomic E-state index is 1.05. The third kappa shape index (κ3) is 4.38. The molecule has 0 radical (unpaired) electrons. The van der Waals surface area contributed by atoms with Crippen LogP contribution in [0.25, 0.3) is 0 Å². The molecule has 0 amide bonds. The maximum atomic E-state index is 3.51. The van der Waals surface area contributed by atoms with E-state index in [9.17, 15) is 0 Å². The van der Waals surface area contributed by atoms with Crippen LogP contribution < -0.4 is 5.32 Å². The summed E-state index contributed by atoms with van der Waals surface area (Å²) < 4.78 is 1.14. The Hall–Kier alpha value is -0.150. The Bertz CT molecular complexity index is 265. The van der Waals surface area contributed by atoms with Crippen molar-refractivity contribution in [2.24, 2.45) is 0 Å². The molecular weight excluding hydrogens is 258 g/mol. The smallest absolute Gasteiger partial charge is 0.0484 e. The van der Waals surface area contributed by atoms with Crippen molar-refractivity contribution in [1.82, 2.24) is 0 Å². The third-order valence-corrected chi connectivity index (χ3v) is 3.54. The standard InChI is InChI=1S/C11H16BrNS/c1-2-14-9-5-8-13-11-7-4-3-6-10(11)12/h3-4,6-7,13H,2,5,8-9H2,1H3. The fraction of sp³-hybridized carbons (Fsp3) is 0.455. The normalized spacial score (nSPS) is 10.1. The number of hydrogen-bond donors (Lipinski definition) is 1. The van der Waals surface area contributed by atoms with Crippen molar-refractivity contribution in [3.8, 4) is 0 Å². The highest BCUT2D eigenvalue weighted by atomic mass is 79.9. The van der Waals surface area contributed by atoms with Gasteiger partial charge in [-0.25, -0.2) is 0 Å². The van der Waals surface area contributed by atoms with Gasteiger partial charge in [0.25, 0.3) is 0 Å². The molecule has 0 aliphatic carbocycles. The maximum Gasteiger partial charge on any atom is 0.0484 e. The first-order valence-corrected chi connectivity index (χ1v) is 6.85. The summed E-state index contributed by atoms with van der Waals surface area (Å²) in [5.41, 5.74) is 1.19. The molecule has 1 N–H and O–H groups in total. The summed E-state index contributed by atoms with van der Waals surface area (Å²) in [6.07, 6.45) is 1.22. The average molecular weight is 274 g/mol. The first-order valence-electron chi connectivity index (χ1n) is 4.90. The van der Waals surface area contributed by atoms with Gasteiger partial charge in [0.05, 0.1) is 0 Å². The summed E-state index contributed by atoms with van der Waals surface area (Å²) in [5, 5.41) is 3.41. The molecule has 1 aromatic carbocycles. The van der Waals surface area contributed by atoms with Crippen molar-refractivity contribution < 1.29 is 0 Å². The molecule has 1 aromatic rings. The number of para-hydroxylation sites is 1. The summed E-state index contributed by atoms with van der Waals surface area (Å²) in [7, 11) is 0. The molecule has 0 saturated heterocycles. The van der Waals surface area contributed by atoms with Crippen LogP contribution in [0.15, 0.2) is 28.7 Å². The summed E-state index contributed by atoms with van der Waals surface area (Å²) in [6.45, 7) is 3.25. The van der Waals surface area contributed by atoms with E-state index in [4.69, 9.17) is 0 Å². The number of halogens is 1. The Morgan fingerprint density at radius 2 is 2.14 bits per heavy atom. The summed E-state index contributed by atoms with van der Waals surface area (Å²) in [5.74, 6) is 2.46. The number of rotatable bonds is 6. The zero-order valence-corrected chi connectivity index (χ0v) is 10.8. The number of hydrogen-bond acceptors (Lipinski definition) is 2. The van der Waals surface area contributed by atoms with E-state index in [-0.39, 0.29) is 0 Å². The predicted molar refractivity (Wildman–Crippen MR) is 70.2 cm³/mol. The molecule has 0 unspecified atom stereocenters. The lowest BCUT2D eigenvalue weighted by molar-refractivity contribution is 0.991. The van der Waals surface area contributed by atoms with Crippen LogP contribution in [0, 0.1) is 0 Å². The monoisotopic (exact) mass is 273 g/mol. The number of benzene rings is 1. The number of nitrogens with one attached hydrogen (secondary N) is 1. The molecule has 0 atom stereocenters. The van der Waals surface area contributed by atoms with Gasteiger partial charge in [0.1, 0.15) is 0 Å². The van der Waals surface area contributed by atoms with Crippen LogP contribution >= 0.6 is 27.7 Å². The first-order chi connectivity index (χ1) is 6.84. The first kappa shape index (κ1) is 11.9. The van der Waals surface area contributed by atoms with Crippen LogP contribution in [-0.4, -0.2) is 18.1 Å². The van der Waals surface area contributed by atoms with Gasteiger partial charge in [-0.05, 0) is 46.0 Å². The van der Waals surface area contributed by atoms with E-state index < -0.39 is 0 Å². The summed E-state index contributed by atoms with van der Waals surface area (Å²) in [4.78, 5) is 0. The van der Waals surface area contributed by atoms with Crippen molar-refractivity contribution in [2.75, 3.05) is 23.4 Å². The van der Waals surface area contributed by atoms with Gasteiger partial charge in [0.15, 0.2) is 0 Å². The molecular formula is C11H16BrNS. The molecule has 0 saturated carbocycles. The highest BCUT2D eigenvalue weighted by Crippen LogP contribution is 2.20.